The van der Waals surface area contributed by atoms with E-state index < -0.39 is 12.5 Å². The zero-order chi connectivity index (χ0) is 15.1. The van der Waals surface area contributed by atoms with Crippen LogP contribution in [0.1, 0.15) is 18.4 Å². The van der Waals surface area contributed by atoms with Crippen molar-refractivity contribution in [2.45, 2.75) is 24.6 Å². The molecule has 21 heavy (non-hydrogen) atoms. The fourth-order valence-electron chi connectivity index (χ4n) is 3.19. The second-order valence-corrected chi connectivity index (χ2v) is 5.48. The predicted octanol–water partition coefficient (Wildman–Crippen LogP) is 3.10. The van der Waals surface area contributed by atoms with Crippen LogP contribution in [0.5, 0.6) is 0 Å². The monoisotopic (exact) mass is 300 g/mol. The second kappa shape index (κ2) is 4.82. The van der Waals surface area contributed by atoms with Crippen LogP contribution in [-0.4, -0.2) is 37.0 Å². The van der Waals surface area contributed by atoms with Crippen molar-refractivity contribution < 1.29 is 22.7 Å². The molecule has 0 bridgehead atoms. The summed E-state index contributed by atoms with van der Waals surface area (Å²) in [6, 6.07) is 7.94. The minimum atomic E-state index is -4.92. The third kappa shape index (κ3) is 2.64. The summed E-state index contributed by atoms with van der Waals surface area (Å²) in [5.41, 5.74) is 2.17. The fraction of sp³-hybridized carbons (Fsp3) is 0.500. The molecule has 0 aromatic heterocycles. The number of piperidine rings is 1. The molecule has 0 unspecified atom stereocenters. The van der Waals surface area contributed by atoms with Crippen LogP contribution in [0.3, 0.4) is 0 Å². The van der Waals surface area contributed by atoms with E-state index in [0.29, 0.717) is 12.8 Å². The van der Waals surface area contributed by atoms with E-state index in [1.54, 1.807) is 0 Å². The maximum Gasteiger partial charge on any atom is 0.576 e. The molecule has 4 nitrogen and oxygen atoms in total. The van der Waals surface area contributed by atoms with Crippen LogP contribution in [0.4, 0.5) is 23.7 Å². The molecule has 0 saturated carbocycles. The van der Waals surface area contributed by atoms with Gasteiger partial charge in [-0.05, 0) is 24.5 Å². The minimum Gasteiger partial charge on any atom is -0.384 e. The normalized spacial score (nSPS) is 20.0. The van der Waals surface area contributed by atoms with Crippen molar-refractivity contribution in [3.8, 4) is 0 Å². The van der Waals surface area contributed by atoms with Crippen molar-refractivity contribution in [1.29, 1.82) is 0 Å². The van der Waals surface area contributed by atoms with Crippen LogP contribution < -0.4 is 5.32 Å². The number of likely N-dealkylation sites (tertiary alicyclic amines) is 1. The third-order valence-electron chi connectivity index (χ3n) is 4.30. The number of alkyl halides is 3. The maximum absolute atomic E-state index is 12.1. The van der Waals surface area contributed by atoms with E-state index in [2.05, 4.69) is 10.1 Å². The molecule has 2 heterocycles. The highest BCUT2D eigenvalue weighted by Gasteiger charge is 2.44. The molecule has 114 valence electrons. The van der Waals surface area contributed by atoms with Crippen LogP contribution in [0, 0.1) is 0 Å². The highest BCUT2D eigenvalue weighted by Crippen LogP contribution is 2.43. The van der Waals surface area contributed by atoms with Gasteiger partial charge < -0.3 is 15.0 Å². The summed E-state index contributed by atoms with van der Waals surface area (Å²) in [4.78, 5) is 12.6. The molecule has 7 heteroatoms. The zero-order valence-electron chi connectivity index (χ0n) is 11.2. The zero-order valence-corrected chi connectivity index (χ0v) is 11.2. The Kier molecular flexibility index (Phi) is 3.22. The molecular formula is C14H15F3N2O2. The maximum atomic E-state index is 12.1. The number of carbonyl (C=O) groups is 1. The number of benzene rings is 1. The molecule has 1 aromatic carbocycles. The van der Waals surface area contributed by atoms with Gasteiger partial charge in [-0.15, -0.1) is 13.2 Å². The summed E-state index contributed by atoms with van der Waals surface area (Å²) in [7, 11) is 0. The lowest BCUT2D eigenvalue weighted by Gasteiger charge is -2.38. The van der Waals surface area contributed by atoms with Gasteiger partial charge in [0.1, 0.15) is 0 Å². The molecule has 0 radical (unpaired) electrons. The second-order valence-electron chi connectivity index (χ2n) is 5.48. The largest absolute Gasteiger partial charge is 0.576 e. The Morgan fingerprint density at radius 1 is 1.24 bits per heavy atom. The van der Waals surface area contributed by atoms with E-state index in [4.69, 9.17) is 0 Å². The topological polar surface area (TPSA) is 41.6 Å². The molecule has 2 aliphatic rings. The quantitative estimate of drug-likeness (QED) is 0.800. The number of carbonyl (C=O) groups excluding carboxylic acids is 1. The highest BCUT2D eigenvalue weighted by atomic mass is 19.4. The number of amides is 1. The lowest BCUT2D eigenvalue weighted by molar-refractivity contribution is -0.295. The first-order chi connectivity index (χ1) is 9.90. The molecule has 2 aliphatic heterocycles. The van der Waals surface area contributed by atoms with Crippen LogP contribution in [-0.2, 0) is 10.2 Å². The fourth-order valence-corrected chi connectivity index (χ4v) is 3.19. The molecule has 1 spiro atoms. The first kappa shape index (κ1) is 14.0. The molecule has 3 rings (SSSR count). The van der Waals surface area contributed by atoms with Gasteiger partial charge in [0.2, 0.25) is 0 Å². The van der Waals surface area contributed by atoms with E-state index in [1.165, 1.54) is 5.56 Å². The molecule has 0 aliphatic carbocycles. The first-order valence-electron chi connectivity index (χ1n) is 6.78. The summed E-state index contributed by atoms with van der Waals surface area (Å²) in [5, 5.41) is 3.33. The van der Waals surface area contributed by atoms with Crippen LogP contribution in [0.2, 0.25) is 0 Å². The number of rotatable bonds is 0. The van der Waals surface area contributed by atoms with Gasteiger partial charge in [-0.25, -0.2) is 4.79 Å². The Balaban J connectivity index is 1.68. The van der Waals surface area contributed by atoms with Crippen molar-refractivity contribution >= 4 is 11.8 Å². The lowest BCUT2D eigenvalue weighted by Crippen LogP contribution is -2.47. The van der Waals surface area contributed by atoms with Gasteiger partial charge in [0.05, 0.1) is 0 Å². The molecular weight excluding hydrogens is 285 g/mol. The smallest absolute Gasteiger partial charge is 0.384 e. The van der Waals surface area contributed by atoms with Crippen molar-refractivity contribution in [1.82, 2.24) is 4.90 Å². The van der Waals surface area contributed by atoms with E-state index in [-0.39, 0.29) is 18.5 Å². The Morgan fingerprint density at radius 2 is 1.90 bits per heavy atom. The number of anilines is 1. The van der Waals surface area contributed by atoms with Crippen LogP contribution in [0.15, 0.2) is 24.3 Å². The first-order valence-corrected chi connectivity index (χ1v) is 6.78. The van der Waals surface area contributed by atoms with Gasteiger partial charge in [-0.1, -0.05) is 18.2 Å². The number of halogens is 3. The van der Waals surface area contributed by atoms with Crippen molar-refractivity contribution in [2.75, 3.05) is 25.0 Å². The van der Waals surface area contributed by atoms with E-state index in [9.17, 15) is 18.0 Å². The number of nitrogens with one attached hydrogen (secondary N) is 1. The number of ether oxygens (including phenoxy) is 1. The summed E-state index contributed by atoms with van der Waals surface area (Å²) >= 11 is 0. The summed E-state index contributed by atoms with van der Waals surface area (Å²) in [6.45, 7) is 1.30. The molecule has 1 fully saturated rings. The highest BCUT2D eigenvalue weighted by molar-refractivity contribution is 5.68. The van der Waals surface area contributed by atoms with Crippen LogP contribution in [0.25, 0.3) is 0 Å². The molecule has 1 amide bonds. The molecule has 0 atom stereocenters. The predicted molar refractivity (Wildman–Crippen MR) is 70.0 cm³/mol. The SMILES string of the molecule is O=C(OC(F)(F)F)N1CCC2(CC1)CNc1ccccc12. The van der Waals surface area contributed by atoms with Gasteiger partial charge in [0.15, 0.2) is 0 Å². The lowest BCUT2D eigenvalue weighted by atomic mass is 9.74. The summed E-state index contributed by atoms with van der Waals surface area (Å²) in [6.07, 6.45) is -4.97. The number of para-hydroxylation sites is 1. The average Bonchev–Trinajstić information content (AvgIpc) is 2.77. The molecule has 1 aromatic rings. The van der Waals surface area contributed by atoms with E-state index >= 15 is 0 Å². The molecule has 1 saturated heterocycles. The van der Waals surface area contributed by atoms with E-state index in [0.717, 1.165) is 17.1 Å². The number of fused-ring (bicyclic) bond motifs is 2. The Bertz CT molecular complexity index is 551. The van der Waals surface area contributed by atoms with Gasteiger partial charge in [0.25, 0.3) is 0 Å². The van der Waals surface area contributed by atoms with Gasteiger partial charge in [-0.2, -0.15) is 0 Å². The Hall–Kier alpha value is -1.92. The Labute approximate surface area is 119 Å². The standard InChI is InChI=1S/C14H15F3N2O2/c15-14(16,17)21-12(20)19-7-5-13(6-8-19)9-18-11-4-2-1-3-10(11)13/h1-4,18H,5-9H2. The molecule has 1 N–H and O–H groups in total. The van der Waals surface area contributed by atoms with E-state index in [1.807, 2.05) is 24.3 Å². The van der Waals surface area contributed by atoms with Crippen LogP contribution >= 0.6 is 0 Å². The van der Waals surface area contributed by atoms with Gasteiger partial charge in [0, 0.05) is 30.7 Å². The third-order valence-corrected chi connectivity index (χ3v) is 4.30. The Morgan fingerprint density at radius 3 is 2.57 bits per heavy atom. The van der Waals surface area contributed by atoms with Crippen molar-refractivity contribution in [2.24, 2.45) is 0 Å². The number of hydrogen-bond acceptors (Lipinski definition) is 3. The van der Waals surface area contributed by atoms with Crippen molar-refractivity contribution in [3.63, 3.8) is 0 Å². The number of nitrogens with zero attached hydrogens (tertiary/aromatic N) is 1. The van der Waals surface area contributed by atoms with Gasteiger partial charge >= 0.3 is 12.5 Å². The average molecular weight is 300 g/mol. The summed E-state index contributed by atoms with van der Waals surface area (Å²) in [5.74, 6) is 0. The van der Waals surface area contributed by atoms with Gasteiger partial charge in [-0.3, -0.25) is 0 Å². The minimum absolute atomic E-state index is 0.0917. The summed E-state index contributed by atoms with van der Waals surface area (Å²) < 4.78 is 39.7. The number of hydrogen-bond donors (Lipinski definition) is 1. The van der Waals surface area contributed by atoms with Crippen molar-refractivity contribution in [3.05, 3.63) is 29.8 Å².